The van der Waals surface area contributed by atoms with Gasteiger partial charge in [0.05, 0.1) is 0 Å². The molecule has 142 valence electrons. The minimum absolute atomic E-state index is 0.322. The van der Waals surface area contributed by atoms with Crippen molar-refractivity contribution in [2.75, 3.05) is 5.73 Å². The summed E-state index contributed by atoms with van der Waals surface area (Å²) < 4.78 is 11.1. The van der Waals surface area contributed by atoms with Crippen LogP contribution < -0.4 is 11.4 Å². The number of nitrogens with zero attached hydrogens (tertiary/aromatic N) is 3. The van der Waals surface area contributed by atoms with Crippen molar-refractivity contribution in [1.82, 2.24) is 14.5 Å². The molecule has 12 heteroatoms. The molecule has 12 nitrogen and oxygen atoms in total. The normalized spacial score (nSPS) is 25.7. The largest absolute Gasteiger partial charge is 0.440 e. The minimum atomic E-state index is -2.49. The number of esters is 1. The van der Waals surface area contributed by atoms with E-state index < -0.39 is 53.4 Å². The summed E-state index contributed by atoms with van der Waals surface area (Å²) in [6.45, 7) is 2.91. The molecule has 0 radical (unpaired) electrons. The molecular weight excluding hydrogens is 352 g/mol. The molecule has 4 atom stereocenters. The number of nitrogens with two attached hydrogens (primary N) is 1. The summed E-state index contributed by atoms with van der Waals surface area (Å²) in [5.74, 6) is -3.13. The quantitative estimate of drug-likeness (QED) is 0.362. The molecule has 1 aromatic heterocycles. The molecule has 4 N–H and O–H groups in total. The lowest BCUT2D eigenvalue weighted by molar-refractivity contribution is -0.193. The predicted molar refractivity (Wildman–Crippen MR) is 82.5 cm³/mol. The first-order valence-corrected chi connectivity index (χ1v) is 7.46. The lowest BCUT2D eigenvalue weighted by Crippen LogP contribution is -2.60. The second-order valence-electron chi connectivity index (χ2n) is 5.77. The molecule has 0 aliphatic carbocycles. The van der Waals surface area contributed by atoms with Crippen LogP contribution in [0.1, 0.15) is 27.0 Å². The monoisotopic (exact) mass is 370 g/mol. The number of aromatic nitrogens is 3. The molecule has 1 aliphatic heterocycles. The Balaban J connectivity index is 2.52. The second kappa shape index (κ2) is 6.90. The van der Waals surface area contributed by atoms with E-state index in [9.17, 15) is 29.4 Å². The molecule has 0 spiro atoms. The van der Waals surface area contributed by atoms with Crippen molar-refractivity contribution in [2.24, 2.45) is 0 Å². The van der Waals surface area contributed by atoms with E-state index >= 15 is 0 Å². The molecule has 0 unspecified atom stereocenters. The fraction of sp³-hybridized carbons (Fsp3) is 0.571. The van der Waals surface area contributed by atoms with Gasteiger partial charge in [-0.2, -0.15) is 4.98 Å². The van der Waals surface area contributed by atoms with Gasteiger partial charge in [0.2, 0.25) is 5.95 Å². The molecule has 2 heterocycles. The number of carbonyl (C=O) groups is 3. The summed E-state index contributed by atoms with van der Waals surface area (Å²) in [7, 11) is 0. The van der Waals surface area contributed by atoms with Crippen molar-refractivity contribution in [3.05, 3.63) is 16.8 Å². The Morgan fingerprint density at radius 1 is 1.23 bits per heavy atom. The molecule has 2 rings (SSSR count). The molecule has 0 amide bonds. The molecule has 26 heavy (non-hydrogen) atoms. The summed E-state index contributed by atoms with van der Waals surface area (Å²) in [4.78, 5) is 54.6. The Hall–Kier alpha value is -2.70. The Labute approximate surface area is 146 Å². The Bertz CT molecular complexity index is 792. The van der Waals surface area contributed by atoms with E-state index in [1.165, 1.54) is 0 Å². The maximum atomic E-state index is 12.2. The standard InChI is InChI=1S/C14H18N4O8/c1-5(19)14(6(2)20,26-7(3)21)10-8(22)9(23)11(25-10)18-4-16-12(15)17-13(18)24/h4,8-11,22-23H,1-3H3,(H2,15,17,24)/t8-,9+,10-,11+/m0/s1. The number of carbonyl (C=O) groups excluding carboxylic acids is 3. The third kappa shape index (κ3) is 3.09. The average Bonchev–Trinajstić information content (AvgIpc) is 2.80. The van der Waals surface area contributed by atoms with Gasteiger partial charge in [0, 0.05) is 6.92 Å². The first kappa shape index (κ1) is 19.6. The predicted octanol–water partition coefficient (Wildman–Crippen LogP) is -2.68. The summed E-state index contributed by atoms with van der Waals surface area (Å²) in [5, 5.41) is 20.6. The van der Waals surface area contributed by atoms with E-state index in [2.05, 4.69) is 9.97 Å². The van der Waals surface area contributed by atoms with Gasteiger partial charge in [-0.15, -0.1) is 0 Å². The topological polar surface area (TPSA) is 184 Å². The molecular formula is C14H18N4O8. The van der Waals surface area contributed by atoms with E-state index in [0.717, 1.165) is 31.7 Å². The highest BCUT2D eigenvalue weighted by Crippen LogP contribution is 2.37. The van der Waals surface area contributed by atoms with Gasteiger partial charge in [-0.3, -0.25) is 19.0 Å². The first-order chi connectivity index (χ1) is 12.0. The zero-order valence-electron chi connectivity index (χ0n) is 14.1. The number of aliphatic hydroxyl groups is 2. The highest BCUT2D eigenvalue weighted by atomic mass is 16.6. The van der Waals surface area contributed by atoms with Crippen LogP contribution in [0.4, 0.5) is 5.95 Å². The van der Waals surface area contributed by atoms with Crippen LogP contribution in [0.3, 0.4) is 0 Å². The van der Waals surface area contributed by atoms with E-state index in [1.807, 2.05) is 0 Å². The van der Waals surface area contributed by atoms with Crippen LogP contribution in [-0.2, 0) is 23.9 Å². The highest BCUT2D eigenvalue weighted by molar-refractivity contribution is 6.10. The van der Waals surface area contributed by atoms with Crippen LogP contribution in [0.5, 0.6) is 0 Å². The van der Waals surface area contributed by atoms with Gasteiger partial charge in [-0.05, 0) is 13.8 Å². The second-order valence-corrected chi connectivity index (χ2v) is 5.77. The van der Waals surface area contributed by atoms with Crippen LogP contribution in [0, 0.1) is 0 Å². The van der Waals surface area contributed by atoms with Crippen LogP contribution in [-0.4, -0.2) is 66.2 Å². The molecule has 0 bridgehead atoms. The smallest absolute Gasteiger partial charge is 0.354 e. The zero-order chi connectivity index (χ0) is 19.8. The van der Waals surface area contributed by atoms with Crippen molar-refractivity contribution in [3.8, 4) is 0 Å². The van der Waals surface area contributed by atoms with Crippen molar-refractivity contribution in [3.63, 3.8) is 0 Å². The van der Waals surface area contributed by atoms with Crippen molar-refractivity contribution in [2.45, 2.75) is 50.9 Å². The van der Waals surface area contributed by atoms with Crippen molar-refractivity contribution in [1.29, 1.82) is 0 Å². The van der Waals surface area contributed by atoms with Crippen molar-refractivity contribution < 1.29 is 34.1 Å². The maximum absolute atomic E-state index is 12.2. The van der Waals surface area contributed by atoms with Crippen LogP contribution >= 0.6 is 0 Å². The lowest BCUT2D eigenvalue weighted by Gasteiger charge is -2.34. The molecule has 0 saturated carbocycles. The highest BCUT2D eigenvalue weighted by Gasteiger charge is 2.61. The van der Waals surface area contributed by atoms with Crippen LogP contribution in [0.15, 0.2) is 11.1 Å². The van der Waals surface area contributed by atoms with Gasteiger partial charge in [-0.1, -0.05) is 0 Å². The number of hydrogen-bond acceptors (Lipinski definition) is 11. The first-order valence-electron chi connectivity index (χ1n) is 7.46. The van der Waals surface area contributed by atoms with E-state index in [1.54, 1.807) is 0 Å². The number of aliphatic hydroxyl groups excluding tert-OH is 2. The molecule has 1 saturated heterocycles. The van der Waals surface area contributed by atoms with Crippen LogP contribution in [0.25, 0.3) is 0 Å². The molecule has 1 aromatic rings. The van der Waals surface area contributed by atoms with Gasteiger partial charge in [0.15, 0.2) is 17.8 Å². The Morgan fingerprint density at radius 2 is 1.81 bits per heavy atom. The third-order valence-electron chi connectivity index (χ3n) is 4.01. The fourth-order valence-electron chi connectivity index (χ4n) is 2.83. The number of Topliss-reactive ketones (excluding diaryl/α,β-unsaturated/α-hetero) is 2. The number of anilines is 1. The van der Waals surface area contributed by atoms with Gasteiger partial charge < -0.3 is 25.4 Å². The van der Waals surface area contributed by atoms with Gasteiger partial charge in [-0.25, -0.2) is 9.78 Å². The molecule has 1 aliphatic rings. The number of hydrogen-bond donors (Lipinski definition) is 3. The van der Waals surface area contributed by atoms with Crippen LogP contribution in [0.2, 0.25) is 0 Å². The van der Waals surface area contributed by atoms with E-state index in [4.69, 9.17) is 15.2 Å². The summed E-state index contributed by atoms with van der Waals surface area (Å²) in [6.07, 6.45) is -5.97. The molecule has 0 aromatic carbocycles. The van der Waals surface area contributed by atoms with Gasteiger partial charge >= 0.3 is 11.7 Å². The Kier molecular flexibility index (Phi) is 5.21. The summed E-state index contributed by atoms with van der Waals surface area (Å²) >= 11 is 0. The fourth-order valence-corrected chi connectivity index (χ4v) is 2.83. The number of ketones is 2. The SMILES string of the molecule is CC(=O)OC(C(C)=O)(C(C)=O)[C@H]1O[C@@H](n2cnc(N)nc2=O)[C@H](O)[C@@H]1O. The third-order valence-corrected chi connectivity index (χ3v) is 4.01. The van der Waals surface area contributed by atoms with Gasteiger partial charge in [0.25, 0.3) is 5.60 Å². The molecule has 1 fully saturated rings. The number of rotatable bonds is 5. The Morgan fingerprint density at radius 3 is 2.27 bits per heavy atom. The van der Waals surface area contributed by atoms with E-state index in [0.29, 0.717) is 0 Å². The number of nitrogen functional groups attached to an aromatic ring is 1. The summed E-state index contributed by atoms with van der Waals surface area (Å²) in [5.41, 5.74) is 1.85. The number of ether oxygens (including phenoxy) is 2. The maximum Gasteiger partial charge on any atom is 0.354 e. The summed E-state index contributed by atoms with van der Waals surface area (Å²) in [6, 6.07) is 0. The van der Waals surface area contributed by atoms with Gasteiger partial charge in [0.1, 0.15) is 24.6 Å². The lowest BCUT2D eigenvalue weighted by atomic mass is 9.84. The van der Waals surface area contributed by atoms with E-state index in [-0.39, 0.29) is 5.95 Å². The zero-order valence-corrected chi connectivity index (χ0v) is 14.1. The minimum Gasteiger partial charge on any atom is -0.440 e. The van der Waals surface area contributed by atoms with Crippen molar-refractivity contribution >= 4 is 23.5 Å². The average molecular weight is 370 g/mol.